The molecule has 12 heavy (non-hydrogen) atoms. The van der Waals surface area contributed by atoms with Crippen molar-refractivity contribution in [2.45, 2.75) is 13.0 Å². The molecule has 4 heteroatoms. The zero-order valence-corrected chi connectivity index (χ0v) is 6.85. The lowest BCUT2D eigenvalue weighted by Crippen LogP contribution is -1.95. The highest BCUT2D eigenvalue weighted by Crippen LogP contribution is 2.29. The minimum absolute atomic E-state index is 0.00319. The van der Waals surface area contributed by atoms with Crippen molar-refractivity contribution in [3.05, 3.63) is 34.3 Å². The Bertz CT molecular complexity index is 276. The van der Waals surface area contributed by atoms with Crippen molar-refractivity contribution in [2.24, 2.45) is 0 Å². The van der Waals surface area contributed by atoms with E-state index in [1.807, 2.05) is 0 Å². The molecule has 0 radical (unpaired) electrons. The minimum atomic E-state index is -2.64. The summed E-state index contributed by atoms with van der Waals surface area (Å²) in [5.74, 6) is 0. The Labute approximate surface area is 73.6 Å². The Kier molecular flexibility index (Phi) is 3.00. The average molecular weight is 193 g/mol. The van der Waals surface area contributed by atoms with Crippen molar-refractivity contribution < 1.29 is 13.9 Å². The van der Waals surface area contributed by atoms with Gasteiger partial charge in [0, 0.05) is 10.6 Å². The van der Waals surface area contributed by atoms with Crippen LogP contribution in [0.25, 0.3) is 0 Å². The van der Waals surface area contributed by atoms with E-state index in [2.05, 4.69) is 0 Å². The number of aliphatic hydroxyl groups excluding tert-OH is 1. The van der Waals surface area contributed by atoms with Gasteiger partial charge in [-0.2, -0.15) is 0 Å². The summed E-state index contributed by atoms with van der Waals surface area (Å²) in [6.45, 7) is -0.416. The van der Waals surface area contributed by atoms with Gasteiger partial charge in [-0.05, 0) is 11.6 Å². The van der Waals surface area contributed by atoms with Crippen LogP contribution in [0.4, 0.5) is 8.78 Å². The van der Waals surface area contributed by atoms with E-state index in [1.54, 1.807) is 0 Å². The summed E-state index contributed by atoms with van der Waals surface area (Å²) in [6, 6.07) is 4.33. The highest BCUT2D eigenvalue weighted by atomic mass is 35.5. The predicted molar refractivity (Wildman–Crippen MR) is 42.3 cm³/mol. The number of halogens is 3. The summed E-state index contributed by atoms with van der Waals surface area (Å²) in [4.78, 5) is 0. The quantitative estimate of drug-likeness (QED) is 0.764. The van der Waals surface area contributed by atoms with Gasteiger partial charge < -0.3 is 5.11 Å². The number of aliphatic hydroxyl groups is 1. The Morgan fingerprint density at radius 1 is 1.42 bits per heavy atom. The third-order valence-corrected chi connectivity index (χ3v) is 1.86. The zero-order chi connectivity index (χ0) is 9.14. The Morgan fingerprint density at radius 3 is 2.50 bits per heavy atom. The maximum Gasteiger partial charge on any atom is 0.265 e. The zero-order valence-electron chi connectivity index (χ0n) is 6.10. The van der Waals surface area contributed by atoms with Crippen molar-refractivity contribution in [1.82, 2.24) is 0 Å². The number of hydrogen-bond donors (Lipinski definition) is 1. The second kappa shape index (κ2) is 3.83. The van der Waals surface area contributed by atoms with Gasteiger partial charge in [-0.25, -0.2) is 8.78 Å². The lowest BCUT2D eigenvalue weighted by Gasteiger charge is -2.07. The molecule has 0 saturated heterocycles. The van der Waals surface area contributed by atoms with E-state index >= 15 is 0 Å². The van der Waals surface area contributed by atoms with Crippen LogP contribution in [0.5, 0.6) is 0 Å². The fraction of sp³-hybridized carbons (Fsp3) is 0.250. The van der Waals surface area contributed by atoms with Gasteiger partial charge in [0.25, 0.3) is 6.43 Å². The molecule has 0 amide bonds. The molecule has 0 heterocycles. The molecule has 0 aliphatic heterocycles. The summed E-state index contributed by atoms with van der Waals surface area (Å²) in [6.07, 6.45) is -2.64. The van der Waals surface area contributed by atoms with Gasteiger partial charge in [0.2, 0.25) is 0 Å². The summed E-state index contributed by atoms with van der Waals surface area (Å²) in [5.41, 5.74) is -0.0980. The highest BCUT2D eigenvalue weighted by molar-refractivity contribution is 6.31. The first kappa shape index (κ1) is 9.42. The maximum atomic E-state index is 12.3. The smallest absolute Gasteiger partial charge is 0.265 e. The summed E-state index contributed by atoms with van der Waals surface area (Å²) >= 11 is 5.51. The van der Waals surface area contributed by atoms with Gasteiger partial charge in [0.15, 0.2) is 0 Å². The monoisotopic (exact) mass is 192 g/mol. The van der Waals surface area contributed by atoms with E-state index < -0.39 is 13.0 Å². The van der Waals surface area contributed by atoms with E-state index in [4.69, 9.17) is 16.7 Å². The van der Waals surface area contributed by atoms with Gasteiger partial charge in [0.1, 0.15) is 0 Å². The molecule has 0 fully saturated rings. The molecule has 0 aliphatic carbocycles. The van der Waals surface area contributed by atoms with Gasteiger partial charge in [-0.15, -0.1) is 0 Å². The van der Waals surface area contributed by atoms with Crippen LogP contribution in [0, 0.1) is 0 Å². The molecule has 1 aromatic carbocycles. The number of alkyl halides is 2. The third kappa shape index (κ3) is 1.73. The van der Waals surface area contributed by atoms with Gasteiger partial charge in [0.05, 0.1) is 6.61 Å². The Morgan fingerprint density at radius 2 is 2.08 bits per heavy atom. The molecule has 1 N–H and O–H groups in total. The Hall–Kier alpha value is -0.670. The van der Waals surface area contributed by atoms with Crippen molar-refractivity contribution in [3.8, 4) is 0 Å². The van der Waals surface area contributed by atoms with E-state index in [9.17, 15) is 8.78 Å². The van der Waals surface area contributed by atoms with Crippen LogP contribution in [-0.4, -0.2) is 5.11 Å². The lowest BCUT2D eigenvalue weighted by molar-refractivity contribution is 0.147. The lowest BCUT2D eigenvalue weighted by atomic mass is 10.1. The van der Waals surface area contributed by atoms with Crippen molar-refractivity contribution in [3.63, 3.8) is 0 Å². The molecule has 0 saturated carbocycles. The summed E-state index contributed by atoms with van der Waals surface area (Å²) in [7, 11) is 0. The first-order valence-corrected chi connectivity index (χ1v) is 3.71. The molecule has 0 aromatic heterocycles. The molecular formula is C8H7ClF2O. The first-order valence-electron chi connectivity index (χ1n) is 3.33. The topological polar surface area (TPSA) is 20.2 Å². The van der Waals surface area contributed by atoms with Gasteiger partial charge >= 0.3 is 0 Å². The number of rotatable bonds is 2. The van der Waals surface area contributed by atoms with E-state index in [-0.39, 0.29) is 16.1 Å². The molecule has 66 valence electrons. The maximum absolute atomic E-state index is 12.3. The van der Waals surface area contributed by atoms with Crippen LogP contribution >= 0.6 is 11.6 Å². The molecule has 1 aromatic rings. The Balaban J connectivity index is 3.20. The highest BCUT2D eigenvalue weighted by Gasteiger charge is 2.15. The molecule has 1 rings (SSSR count). The van der Waals surface area contributed by atoms with Crippen LogP contribution in [0.3, 0.4) is 0 Å². The summed E-state index contributed by atoms with van der Waals surface area (Å²) in [5, 5.41) is 8.70. The molecule has 0 atom stereocenters. The van der Waals surface area contributed by atoms with E-state index in [1.165, 1.54) is 18.2 Å². The predicted octanol–water partition coefficient (Wildman–Crippen LogP) is 2.77. The molecular weight excluding hydrogens is 186 g/mol. The minimum Gasteiger partial charge on any atom is -0.392 e. The largest absolute Gasteiger partial charge is 0.392 e. The van der Waals surface area contributed by atoms with Crippen molar-refractivity contribution in [1.29, 1.82) is 0 Å². The van der Waals surface area contributed by atoms with Crippen LogP contribution in [-0.2, 0) is 6.61 Å². The molecule has 1 nitrogen and oxygen atoms in total. The van der Waals surface area contributed by atoms with Crippen molar-refractivity contribution >= 4 is 11.6 Å². The third-order valence-electron chi connectivity index (χ3n) is 1.53. The normalized spacial score (nSPS) is 10.8. The molecule has 0 spiro atoms. The van der Waals surface area contributed by atoms with Crippen LogP contribution in [0.15, 0.2) is 18.2 Å². The average Bonchev–Trinajstić information content (AvgIpc) is 2.03. The standard InChI is InChI=1S/C8H7ClF2O/c9-6-3-1-2-5(4-12)7(6)8(10)11/h1-3,8,12H,4H2. The fourth-order valence-electron chi connectivity index (χ4n) is 0.964. The second-order valence-corrected chi connectivity index (χ2v) is 2.68. The SMILES string of the molecule is OCc1cccc(Cl)c1C(F)F. The molecule has 0 bridgehead atoms. The number of benzene rings is 1. The fourth-order valence-corrected chi connectivity index (χ4v) is 1.24. The number of hydrogen-bond acceptors (Lipinski definition) is 1. The summed E-state index contributed by atoms with van der Waals surface area (Å²) < 4.78 is 24.6. The van der Waals surface area contributed by atoms with E-state index in [0.29, 0.717) is 0 Å². The first-order chi connectivity index (χ1) is 5.66. The van der Waals surface area contributed by atoms with Crippen LogP contribution in [0.2, 0.25) is 5.02 Å². The van der Waals surface area contributed by atoms with Crippen molar-refractivity contribution in [2.75, 3.05) is 0 Å². The second-order valence-electron chi connectivity index (χ2n) is 2.27. The molecule has 0 aliphatic rings. The van der Waals surface area contributed by atoms with Gasteiger partial charge in [-0.1, -0.05) is 23.7 Å². The van der Waals surface area contributed by atoms with Crippen LogP contribution < -0.4 is 0 Å². The van der Waals surface area contributed by atoms with Crippen LogP contribution in [0.1, 0.15) is 17.6 Å². The van der Waals surface area contributed by atoms with E-state index in [0.717, 1.165) is 0 Å². The van der Waals surface area contributed by atoms with Gasteiger partial charge in [-0.3, -0.25) is 0 Å². The molecule has 0 unspecified atom stereocenters.